The van der Waals surface area contributed by atoms with Crippen LogP contribution in [-0.2, 0) is 9.59 Å². The van der Waals surface area contributed by atoms with Gasteiger partial charge in [-0.05, 0) is 25.1 Å². The molecule has 2 aromatic rings. The first-order chi connectivity index (χ1) is 12.3. The molecule has 1 saturated heterocycles. The van der Waals surface area contributed by atoms with Crippen LogP contribution in [0.2, 0.25) is 0 Å². The molecular weight excluding hydrogens is 336 g/mol. The Morgan fingerprint density at radius 2 is 1.50 bits per heavy atom. The summed E-state index contributed by atoms with van der Waals surface area (Å²) in [6, 6.07) is 9.55. The highest BCUT2D eigenvalue weighted by molar-refractivity contribution is 6.30. The topological polar surface area (TPSA) is 87.9 Å². The van der Waals surface area contributed by atoms with Crippen LogP contribution in [0.15, 0.2) is 46.4 Å². The second-order valence-corrected chi connectivity index (χ2v) is 5.90. The van der Waals surface area contributed by atoms with Crippen LogP contribution < -0.4 is 0 Å². The third-order valence-corrected chi connectivity index (χ3v) is 4.13. The van der Waals surface area contributed by atoms with Gasteiger partial charge in [0, 0.05) is 25.2 Å². The van der Waals surface area contributed by atoms with E-state index in [2.05, 4.69) is 0 Å². The van der Waals surface area contributed by atoms with Crippen molar-refractivity contribution in [2.75, 3.05) is 14.1 Å². The van der Waals surface area contributed by atoms with Gasteiger partial charge in [-0.15, -0.1) is 0 Å². The number of Topliss-reactive ketones (excluding diaryl/α,β-unsaturated/α-hetero) is 1. The largest absolute Gasteiger partial charge is 0.457 e. The summed E-state index contributed by atoms with van der Waals surface area (Å²) < 4.78 is 5.68. The molecule has 1 fully saturated rings. The lowest BCUT2D eigenvalue weighted by Crippen LogP contribution is -2.52. The second kappa shape index (κ2) is 6.44. The number of urea groups is 1. The van der Waals surface area contributed by atoms with Crippen molar-refractivity contribution < 1.29 is 23.6 Å². The summed E-state index contributed by atoms with van der Waals surface area (Å²) in [5.41, 5.74) is 1.20. The molecule has 0 radical (unpaired) electrons. The van der Waals surface area contributed by atoms with E-state index in [9.17, 15) is 19.2 Å². The van der Waals surface area contributed by atoms with Crippen LogP contribution in [0.3, 0.4) is 0 Å². The lowest BCUT2D eigenvalue weighted by atomic mass is 10.1. The van der Waals surface area contributed by atoms with E-state index in [1.54, 1.807) is 36.4 Å². The van der Waals surface area contributed by atoms with Crippen molar-refractivity contribution in [1.29, 1.82) is 0 Å². The Bertz CT molecular complexity index is 927. The van der Waals surface area contributed by atoms with Gasteiger partial charge in [0.25, 0.3) is 11.8 Å². The number of hydrogen-bond donors (Lipinski definition) is 0. The van der Waals surface area contributed by atoms with Crippen LogP contribution in [0.4, 0.5) is 4.79 Å². The molecule has 132 valence electrons. The number of carbonyl (C=O) groups excluding carboxylic acids is 4. The van der Waals surface area contributed by atoms with Gasteiger partial charge >= 0.3 is 6.03 Å². The Morgan fingerprint density at radius 1 is 0.923 bits per heavy atom. The number of likely N-dealkylation sites (N-methyl/N-ethyl adjacent to an activating group) is 2. The van der Waals surface area contributed by atoms with E-state index in [-0.39, 0.29) is 11.4 Å². The van der Waals surface area contributed by atoms with Crippen LogP contribution in [0, 0.1) is 0 Å². The summed E-state index contributed by atoms with van der Waals surface area (Å²) in [5.74, 6) is -0.550. The summed E-state index contributed by atoms with van der Waals surface area (Å²) in [6.45, 7) is 1.49. The number of benzene rings is 1. The molecular formula is C19H16N2O5. The van der Waals surface area contributed by atoms with E-state index in [0.717, 1.165) is 15.4 Å². The minimum absolute atomic E-state index is 0.0291. The molecule has 0 N–H and O–H groups in total. The van der Waals surface area contributed by atoms with Crippen molar-refractivity contribution in [2.45, 2.75) is 6.92 Å². The fourth-order valence-corrected chi connectivity index (χ4v) is 2.57. The highest BCUT2D eigenvalue weighted by Crippen LogP contribution is 2.25. The van der Waals surface area contributed by atoms with Crippen LogP contribution >= 0.6 is 0 Å². The summed E-state index contributed by atoms with van der Waals surface area (Å²) in [4.78, 5) is 49.2. The maximum absolute atomic E-state index is 12.2. The standard InChI is InChI=1S/C19H16N2O5/c1-11(22)12-4-6-13(7-5-12)16-9-8-14(26-16)10-15-17(23)20(2)19(25)21(3)18(15)24/h4-10H,1-3H3. The molecule has 1 aliphatic heterocycles. The van der Waals surface area contributed by atoms with E-state index < -0.39 is 17.8 Å². The SMILES string of the molecule is CC(=O)c1ccc(-c2ccc(C=C3C(=O)N(C)C(=O)N(C)C3=O)o2)cc1. The number of furan rings is 1. The zero-order valence-electron chi connectivity index (χ0n) is 14.5. The van der Waals surface area contributed by atoms with Gasteiger partial charge in [0.05, 0.1) is 0 Å². The molecule has 0 unspecified atom stereocenters. The number of nitrogens with zero attached hydrogens (tertiary/aromatic N) is 2. The van der Waals surface area contributed by atoms with E-state index >= 15 is 0 Å². The van der Waals surface area contributed by atoms with Gasteiger partial charge in [0.1, 0.15) is 17.1 Å². The molecule has 0 saturated carbocycles. The van der Waals surface area contributed by atoms with Crippen LogP contribution in [-0.4, -0.2) is 47.5 Å². The zero-order chi connectivity index (χ0) is 19.0. The van der Waals surface area contributed by atoms with Gasteiger partial charge in [-0.25, -0.2) is 4.79 Å². The number of rotatable bonds is 3. The van der Waals surface area contributed by atoms with Crippen molar-refractivity contribution in [3.63, 3.8) is 0 Å². The number of ketones is 1. The molecule has 1 aromatic carbocycles. The number of carbonyl (C=O) groups is 4. The van der Waals surface area contributed by atoms with E-state index in [4.69, 9.17) is 4.42 Å². The smallest absolute Gasteiger partial charge is 0.333 e. The maximum atomic E-state index is 12.2. The minimum Gasteiger partial charge on any atom is -0.457 e. The average Bonchev–Trinajstić information content (AvgIpc) is 3.10. The number of amides is 4. The summed E-state index contributed by atoms with van der Waals surface area (Å²) >= 11 is 0. The van der Waals surface area contributed by atoms with Gasteiger partial charge in [0.2, 0.25) is 0 Å². The van der Waals surface area contributed by atoms with E-state index in [1.165, 1.54) is 27.1 Å². The van der Waals surface area contributed by atoms with Crippen molar-refractivity contribution in [1.82, 2.24) is 9.80 Å². The number of imide groups is 2. The van der Waals surface area contributed by atoms with Crippen molar-refractivity contribution in [3.8, 4) is 11.3 Å². The van der Waals surface area contributed by atoms with Crippen molar-refractivity contribution in [3.05, 3.63) is 53.3 Å². The fraction of sp³-hybridized carbons (Fsp3) is 0.158. The quantitative estimate of drug-likeness (QED) is 0.481. The van der Waals surface area contributed by atoms with Crippen LogP contribution in [0.5, 0.6) is 0 Å². The predicted octanol–water partition coefficient (Wildman–Crippen LogP) is 2.58. The first kappa shape index (κ1) is 17.3. The normalized spacial score (nSPS) is 14.9. The highest BCUT2D eigenvalue weighted by Gasteiger charge is 2.38. The van der Waals surface area contributed by atoms with Crippen molar-refractivity contribution >= 4 is 29.7 Å². The monoisotopic (exact) mass is 352 g/mol. The van der Waals surface area contributed by atoms with E-state index in [0.29, 0.717) is 17.1 Å². The Morgan fingerprint density at radius 3 is 2.04 bits per heavy atom. The Kier molecular flexibility index (Phi) is 4.29. The molecule has 0 bridgehead atoms. The van der Waals surface area contributed by atoms with E-state index in [1.807, 2.05) is 0 Å². The molecule has 3 rings (SSSR count). The molecule has 0 spiro atoms. The summed E-state index contributed by atoms with van der Waals surface area (Å²) in [5, 5.41) is 0. The van der Waals surface area contributed by atoms with Gasteiger partial charge in [-0.3, -0.25) is 24.2 Å². The zero-order valence-corrected chi connectivity index (χ0v) is 14.5. The highest BCUT2D eigenvalue weighted by atomic mass is 16.3. The molecule has 4 amide bonds. The fourth-order valence-electron chi connectivity index (χ4n) is 2.57. The first-order valence-corrected chi connectivity index (χ1v) is 7.82. The van der Waals surface area contributed by atoms with Crippen molar-refractivity contribution in [2.24, 2.45) is 0 Å². The molecule has 0 atom stereocenters. The lowest BCUT2D eigenvalue weighted by molar-refractivity contribution is -0.134. The van der Waals surface area contributed by atoms with Gasteiger partial charge < -0.3 is 4.42 Å². The second-order valence-electron chi connectivity index (χ2n) is 5.90. The molecule has 0 aliphatic carbocycles. The predicted molar refractivity (Wildman–Crippen MR) is 93.1 cm³/mol. The van der Waals surface area contributed by atoms with Crippen LogP contribution in [0.1, 0.15) is 23.0 Å². The summed E-state index contributed by atoms with van der Waals surface area (Å²) in [6.07, 6.45) is 1.32. The average molecular weight is 352 g/mol. The maximum Gasteiger partial charge on any atom is 0.333 e. The molecule has 7 heteroatoms. The Balaban J connectivity index is 1.91. The number of hydrogen-bond acceptors (Lipinski definition) is 5. The lowest BCUT2D eigenvalue weighted by Gasteiger charge is -2.28. The van der Waals surface area contributed by atoms with Gasteiger partial charge in [-0.2, -0.15) is 0 Å². The van der Waals surface area contributed by atoms with Gasteiger partial charge in [0.15, 0.2) is 5.78 Å². The Hall–Kier alpha value is -3.48. The molecule has 26 heavy (non-hydrogen) atoms. The Labute approximate surface area is 149 Å². The third kappa shape index (κ3) is 2.95. The molecule has 1 aliphatic rings. The third-order valence-electron chi connectivity index (χ3n) is 4.13. The molecule has 1 aromatic heterocycles. The first-order valence-electron chi connectivity index (χ1n) is 7.82. The molecule has 2 heterocycles. The molecule has 7 nitrogen and oxygen atoms in total. The minimum atomic E-state index is -0.679. The van der Waals surface area contributed by atoms with Crippen LogP contribution in [0.25, 0.3) is 17.4 Å². The number of barbiturate groups is 1. The van der Waals surface area contributed by atoms with Gasteiger partial charge in [-0.1, -0.05) is 24.3 Å². The summed E-state index contributed by atoms with van der Waals surface area (Å²) in [7, 11) is 2.62.